The van der Waals surface area contributed by atoms with Gasteiger partial charge in [-0.2, -0.15) is 5.01 Å². The Labute approximate surface area is 139 Å². The Morgan fingerprint density at radius 3 is 2.33 bits per heavy atom. The standard InChI is InChI=1S/C18H20N2O4/c1-16(2)12-8-9-17(3)14(23)20(15(24)18(12,16)17)19-13(22)10-4-6-11(21)7-5-10/h4-7,12,21H,8-9H2,1-3H3,(H,19,22)/t12-,17-,18-/m1/s1. The maximum atomic E-state index is 13.1. The highest BCUT2D eigenvalue weighted by molar-refractivity contribution is 6.14. The molecule has 3 aliphatic rings. The highest BCUT2D eigenvalue weighted by Crippen LogP contribution is 2.85. The Hall–Kier alpha value is -2.37. The minimum absolute atomic E-state index is 0.0448. The molecule has 1 saturated heterocycles. The molecule has 3 fully saturated rings. The number of hydrazine groups is 1. The molecule has 2 saturated carbocycles. The second-order valence-corrected chi connectivity index (χ2v) is 7.89. The second kappa shape index (κ2) is 4.18. The van der Waals surface area contributed by atoms with Gasteiger partial charge in [-0.05, 0) is 55.4 Å². The monoisotopic (exact) mass is 328 g/mol. The Bertz CT molecular complexity index is 785. The molecule has 0 aromatic heterocycles. The zero-order valence-electron chi connectivity index (χ0n) is 13.9. The lowest BCUT2D eigenvalue weighted by Gasteiger charge is -2.27. The summed E-state index contributed by atoms with van der Waals surface area (Å²) in [6, 6.07) is 5.66. The molecule has 0 bridgehead atoms. The molecular formula is C18H20N2O4. The van der Waals surface area contributed by atoms with E-state index in [1.165, 1.54) is 24.3 Å². The molecule has 1 aromatic rings. The van der Waals surface area contributed by atoms with Crippen molar-refractivity contribution < 1.29 is 19.5 Å². The Kier molecular flexibility index (Phi) is 2.64. The van der Waals surface area contributed by atoms with Crippen LogP contribution in [0.1, 0.15) is 44.0 Å². The fourth-order valence-electron chi connectivity index (χ4n) is 5.51. The van der Waals surface area contributed by atoms with Gasteiger partial charge in [0, 0.05) is 5.56 Å². The van der Waals surface area contributed by atoms with Crippen molar-refractivity contribution in [3.05, 3.63) is 29.8 Å². The van der Waals surface area contributed by atoms with Crippen LogP contribution in [0.4, 0.5) is 0 Å². The van der Waals surface area contributed by atoms with Crippen LogP contribution >= 0.6 is 0 Å². The first kappa shape index (κ1) is 15.2. The van der Waals surface area contributed by atoms with Gasteiger partial charge in [0.05, 0.1) is 10.8 Å². The number of amides is 3. The van der Waals surface area contributed by atoms with E-state index in [-0.39, 0.29) is 34.5 Å². The summed E-state index contributed by atoms with van der Waals surface area (Å²) in [5.41, 5.74) is 1.11. The van der Waals surface area contributed by atoms with Gasteiger partial charge in [0.15, 0.2) is 0 Å². The molecule has 24 heavy (non-hydrogen) atoms. The SMILES string of the molecule is CC1(C)[C@H]2CC[C@]3(C)C(=O)N(NC(=O)c4ccc(O)cc4)C(=O)[C@]213. The van der Waals surface area contributed by atoms with Crippen molar-refractivity contribution in [3.63, 3.8) is 0 Å². The van der Waals surface area contributed by atoms with Gasteiger partial charge in [0.25, 0.3) is 17.7 Å². The lowest BCUT2D eigenvalue weighted by atomic mass is 9.71. The molecule has 3 atom stereocenters. The third-order valence-corrected chi connectivity index (χ3v) is 6.69. The quantitative estimate of drug-likeness (QED) is 0.811. The average Bonchev–Trinajstić information content (AvgIpc) is 2.78. The van der Waals surface area contributed by atoms with E-state index in [4.69, 9.17) is 0 Å². The van der Waals surface area contributed by atoms with Gasteiger partial charge >= 0.3 is 0 Å². The van der Waals surface area contributed by atoms with E-state index in [2.05, 4.69) is 5.43 Å². The van der Waals surface area contributed by atoms with E-state index in [0.29, 0.717) is 6.42 Å². The van der Waals surface area contributed by atoms with Crippen molar-refractivity contribution in [1.29, 1.82) is 0 Å². The number of rotatable bonds is 2. The predicted molar refractivity (Wildman–Crippen MR) is 84.5 cm³/mol. The van der Waals surface area contributed by atoms with E-state index in [9.17, 15) is 19.5 Å². The van der Waals surface area contributed by atoms with Gasteiger partial charge in [-0.25, -0.2) is 0 Å². The minimum atomic E-state index is -0.736. The Morgan fingerprint density at radius 1 is 1.17 bits per heavy atom. The van der Waals surface area contributed by atoms with Gasteiger partial charge in [-0.1, -0.05) is 13.8 Å². The molecule has 1 spiro atoms. The Balaban J connectivity index is 1.64. The topological polar surface area (TPSA) is 86.7 Å². The van der Waals surface area contributed by atoms with Crippen LogP contribution in [-0.4, -0.2) is 27.8 Å². The number of carbonyl (C=O) groups excluding carboxylic acids is 3. The van der Waals surface area contributed by atoms with Gasteiger partial charge in [0.2, 0.25) is 0 Å². The van der Waals surface area contributed by atoms with Crippen LogP contribution in [0.3, 0.4) is 0 Å². The van der Waals surface area contributed by atoms with Crippen molar-refractivity contribution in [2.75, 3.05) is 0 Å². The van der Waals surface area contributed by atoms with Crippen molar-refractivity contribution in [3.8, 4) is 5.75 Å². The first-order chi connectivity index (χ1) is 11.2. The molecule has 1 aromatic carbocycles. The first-order valence-corrected chi connectivity index (χ1v) is 8.17. The van der Waals surface area contributed by atoms with Crippen molar-refractivity contribution >= 4 is 17.7 Å². The predicted octanol–water partition coefficient (Wildman–Crippen LogP) is 1.85. The normalized spacial score (nSPS) is 35.6. The minimum Gasteiger partial charge on any atom is -0.508 e. The highest BCUT2D eigenvalue weighted by atomic mass is 16.3. The van der Waals surface area contributed by atoms with Crippen LogP contribution in [0.25, 0.3) is 0 Å². The fourth-order valence-corrected chi connectivity index (χ4v) is 5.51. The van der Waals surface area contributed by atoms with E-state index < -0.39 is 16.7 Å². The molecule has 3 amide bonds. The van der Waals surface area contributed by atoms with Gasteiger partial charge in [0.1, 0.15) is 5.75 Å². The van der Waals surface area contributed by atoms with Crippen LogP contribution < -0.4 is 5.43 Å². The Morgan fingerprint density at radius 2 is 1.79 bits per heavy atom. The smallest absolute Gasteiger partial charge is 0.270 e. The summed E-state index contributed by atoms with van der Waals surface area (Å²) in [6.07, 6.45) is 1.55. The van der Waals surface area contributed by atoms with E-state index >= 15 is 0 Å². The molecule has 1 aliphatic heterocycles. The zero-order chi connectivity index (χ0) is 17.5. The molecule has 0 unspecified atom stereocenters. The van der Waals surface area contributed by atoms with E-state index in [1.807, 2.05) is 20.8 Å². The van der Waals surface area contributed by atoms with E-state index in [1.54, 1.807) is 0 Å². The maximum absolute atomic E-state index is 13.1. The molecule has 0 radical (unpaired) electrons. The number of nitrogens with one attached hydrogen (secondary N) is 1. The number of imide groups is 1. The molecule has 4 rings (SSSR count). The van der Waals surface area contributed by atoms with Crippen LogP contribution in [-0.2, 0) is 9.59 Å². The lowest BCUT2D eigenvalue weighted by Crippen LogP contribution is -2.47. The third kappa shape index (κ3) is 1.41. The number of hydrogen-bond acceptors (Lipinski definition) is 4. The number of phenols is 1. The number of carbonyl (C=O) groups is 3. The maximum Gasteiger partial charge on any atom is 0.270 e. The molecule has 2 aliphatic carbocycles. The molecule has 126 valence electrons. The molecule has 2 N–H and O–H groups in total. The van der Waals surface area contributed by atoms with Gasteiger partial charge in [-0.15, -0.1) is 0 Å². The molecular weight excluding hydrogens is 308 g/mol. The van der Waals surface area contributed by atoms with Crippen molar-refractivity contribution in [1.82, 2.24) is 10.4 Å². The first-order valence-electron chi connectivity index (χ1n) is 8.17. The number of phenolic OH excluding ortho intramolecular Hbond substituents is 1. The molecule has 6 heteroatoms. The lowest BCUT2D eigenvalue weighted by molar-refractivity contribution is -0.144. The summed E-state index contributed by atoms with van der Waals surface area (Å²) in [5, 5.41) is 10.2. The van der Waals surface area contributed by atoms with Crippen LogP contribution in [0.2, 0.25) is 0 Å². The average molecular weight is 328 g/mol. The third-order valence-electron chi connectivity index (χ3n) is 6.69. The summed E-state index contributed by atoms with van der Waals surface area (Å²) in [6.45, 7) is 5.92. The summed E-state index contributed by atoms with van der Waals surface area (Å²) in [7, 11) is 0. The van der Waals surface area contributed by atoms with Crippen molar-refractivity contribution in [2.45, 2.75) is 33.6 Å². The number of benzene rings is 1. The van der Waals surface area contributed by atoms with Crippen LogP contribution in [0.15, 0.2) is 24.3 Å². The van der Waals surface area contributed by atoms with Crippen molar-refractivity contribution in [2.24, 2.45) is 22.2 Å². The highest BCUT2D eigenvalue weighted by Gasteiger charge is 2.90. The summed E-state index contributed by atoms with van der Waals surface area (Å²) in [5.74, 6) is -0.889. The summed E-state index contributed by atoms with van der Waals surface area (Å²) in [4.78, 5) is 38.3. The fraction of sp³-hybridized carbons (Fsp3) is 0.500. The van der Waals surface area contributed by atoms with Gasteiger partial charge < -0.3 is 5.11 Å². The molecule has 6 nitrogen and oxygen atoms in total. The van der Waals surface area contributed by atoms with Crippen LogP contribution in [0.5, 0.6) is 5.75 Å². The van der Waals surface area contributed by atoms with E-state index in [0.717, 1.165) is 11.4 Å². The zero-order valence-corrected chi connectivity index (χ0v) is 13.9. The second-order valence-electron chi connectivity index (χ2n) is 7.89. The van der Waals surface area contributed by atoms with Gasteiger partial charge in [-0.3, -0.25) is 19.8 Å². The summed E-state index contributed by atoms with van der Waals surface area (Å²) < 4.78 is 0. The number of aromatic hydroxyl groups is 1. The number of hydrogen-bond donors (Lipinski definition) is 2. The largest absolute Gasteiger partial charge is 0.508 e. The summed E-state index contributed by atoms with van der Waals surface area (Å²) >= 11 is 0. The molecule has 1 heterocycles. The van der Waals surface area contributed by atoms with Crippen LogP contribution in [0, 0.1) is 22.2 Å². The number of nitrogens with zero attached hydrogens (tertiary/aromatic N) is 1.